The van der Waals surface area contributed by atoms with Gasteiger partial charge in [-0.15, -0.1) is 0 Å². The van der Waals surface area contributed by atoms with E-state index in [0.29, 0.717) is 0 Å². The second kappa shape index (κ2) is 6.78. The Morgan fingerprint density at radius 1 is 1.12 bits per heavy atom. The molecule has 1 N–H and O–H groups in total. The van der Waals surface area contributed by atoms with Crippen LogP contribution >= 0.6 is 0 Å². The highest BCUT2D eigenvalue weighted by molar-refractivity contribution is 6.03. The summed E-state index contributed by atoms with van der Waals surface area (Å²) in [5, 5.41) is 2.39. The molecule has 1 aliphatic rings. The quantitative estimate of drug-likeness (QED) is 0.840. The van der Waals surface area contributed by atoms with Crippen LogP contribution in [-0.4, -0.2) is 18.4 Å². The molecule has 0 unspecified atom stereocenters. The zero-order valence-corrected chi connectivity index (χ0v) is 13.4. The van der Waals surface area contributed by atoms with Crippen LogP contribution in [0.5, 0.6) is 0 Å². The van der Waals surface area contributed by atoms with Gasteiger partial charge in [-0.3, -0.25) is 9.59 Å². The van der Waals surface area contributed by atoms with Crippen LogP contribution in [-0.2, 0) is 15.8 Å². The normalized spacial score (nSPS) is 17.5. The molecule has 3 rings (SSSR count). The topological polar surface area (TPSA) is 49.4 Å². The molecule has 1 saturated heterocycles. The summed E-state index contributed by atoms with van der Waals surface area (Å²) in [5.41, 5.74) is -0.820. The van der Waals surface area contributed by atoms with Crippen LogP contribution in [0.25, 0.3) is 0 Å². The van der Waals surface area contributed by atoms with Gasteiger partial charge in [-0.25, -0.2) is 4.39 Å². The molecule has 26 heavy (non-hydrogen) atoms. The fraction of sp³-hybridized carbons (Fsp3) is 0.222. The molecular formula is C18H14F4N2O2. The summed E-state index contributed by atoms with van der Waals surface area (Å²) in [6.45, 7) is -0.0371. The SMILES string of the molecule is O=C(Nc1cccc(C(F)(F)F)c1)[C@H]1CC(=O)N(c2ccccc2F)C1. The molecule has 1 fully saturated rings. The molecule has 1 aliphatic heterocycles. The van der Waals surface area contributed by atoms with Crippen molar-refractivity contribution in [3.63, 3.8) is 0 Å². The first kappa shape index (κ1) is 17.9. The van der Waals surface area contributed by atoms with Gasteiger partial charge in [0.25, 0.3) is 0 Å². The summed E-state index contributed by atoms with van der Waals surface area (Å²) < 4.78 is 52.0. The van der Waals surface area contributed by atoms with Crippen LogP contribution in [0.2, 0.25) is 0 Å². The number of nitrogens with zero attached hydrogens (tertiary/aromatic N) is 1. The van der Waals surface area contributed by atoms with E-state index in [1.807, 2.05) is 0 Å². The number of rotatable bonds is 3. The molecule has 0 radical (unpaired) electrons. The van der Waals surface area contributed by atoms with Gasteiger partial charge in [0.2, 0.25) is 11.8 Å². The molecule has 2 aromatic carbocycles. The average Bonchev–Trinajstić information content (AvgIpc) is 2.97. The van der Waals surface area contributed by atoms with E-state index >= 15 is 0 Å². The number of anilines is 2. The van der Waals surface area contributed by atoms with Crippen LogP contribution in [0.3, 0.4) is 0 Å². The lowest BCUT2D eigenvalue weighted by molar-refractivity contribution is -0.137. The summed E-state index contributed by atoms with van der Waals surface area (Å²) >= 11 is 0. The van der Waals surface area contributed by atoms with E-state index in [2.05, 4.69) is 5.32 Å². The van der Waals surface area contributed by atoms with Gasteiger partial charge in [-0.05, 0) is 30.3 Å². The Morgan fingerprint density at radius 3 is 2.54 bits per heavy atom. The number of carbonyl (C=O) groups is 2. The van der Waals surface area contributed by atoms with Crippen molar-refractivity contribution < 1.29 is 27.2 Å². The lowest BCUT2D eigenvalue weighted by atomic mass is 10.1. The van der Waals surface area contributed by atoms with E-state index in [4.69, 9.17) is 0 Å². The van der Waals surface area contributed by atoms with Crippen LogP contribution in [0.1, 0.15) is 12.0 Å². The highest BCUT2D eigenvalue weighted by Gasteiger charge is 2.36. The number of hydrogen-bond donors (Lipinski definition) is 1. The molecule has 0 spiro atoms. The molecule has 0 aromatic heterocycles. The number of hydrogen-bond acceptors (Lipinski definition) is 2. The number of alkyl halides is 3. The van der Waals surface area contributed by atoms with Gasteiger partial charge in [0, 0.05) is 18.7 Å². The zero-order valence-electron chi connectivity index (χ0n) is 13.4. The van der Waals surface area contributed by atoms with Gasteiger partial charge in [0.15, 0.2) is 0 Å². The van der Waals surface area contributed by atoms with E-state index in [9.17, 15) is 27.2 Å². The van der Waals surface area contributed by atoms with Gasteiger partial charge >= 0.3 is 6.18 Å². The molecule has 4 nitrogen and oxygen atoms in total. The molecule has 1 heterocycles. The Bertz CT molecular complexity index is 851. The molecule has 8 heteroatoms. The number of nitrogens with one attached hydrogen (secondary N) is 1. The molecule has 0 aliphatic carbocycles. The van der Waals surface area contributed by atoms with Crippen molar-refractivity contribution in [2.75, 3.05) is 16.8 Å². The summed E-state index contributed by atoms with van der Waals surface area (Å²) in [4.78, 5) is 25.6. The Morgan fingerprint density at radius 2 is 1.85 bits per heavy atom. The van der Waals surface area contributed by atoms with Gasteiger partial charge in [-0.1, -0.05) is 18.2 Å². The van der Waals surface area contributed by atoms with Gasteiger partial charge < -0.3 is 10.2 Å². The minimum Gasteiger partial charge on any atom is -0.326 e. The summed E-state index contributed by atoms with van der Waals surface area (Å²) in [6.07, 6.45) is -4.66. The van der Waals surface area contributed by atoms with E-state index in [0.717, 1.165) is 12.1 Å². The molecular weight excluding hydrogens is 352 g/mol. The fourth-order valence-corrected chi connectivity index (χ4v) is 2.80. The monoisotopic (exact) mass is 366 g/mol. The number of halogens is 4. The van der Waals surface area contributed by atoms with Gasteiger partial charge in [0.05, 0.1) is 17.2 Å². The number of carbonyl (C=O) groups excluding carboxylic acids is 2. The second-order valence-corrected chi connectivity index (χ2v) is 5.92. The first-order chi connectivity index (χ1) is 12.3. The van der Waals surface area contributed by atoms with Crippen molar-refractivity contribution in [3.05, 3.63) is 59.9 Å². The summed E-state index contributed by atoms with van der Waals surface area (Å²) in [7, 11) is 0. The van der Waals surface area contributed by atoms with E-state index < -0.39 is 35.3 Å². The minimum absolute atomic E-state index is 0.0124. The maximum absolute atomic E-state index is 13.8. The Kier molecular flexibility index (Phi) is 4.67. The highest BCUT2D eigenvalue weighted by atomic mass is 19.4. The van der Waals surface area contributed by atoms with Crippen molar-refractivity contribution in [2.45, 2.75) is 12.6 Å². The summed E-state index contributed by atoms with van der Waals surface area (Å²) in [6, 6.07) is 9.93. The third kappa shape index (κ3) is 3.68. The molecule has 2 aromatic rings. The molecule has 0 bridgehead atoms. The third-order valence-electron chi connectivity index (χ3n) is 4.10. The van der Waals surface area contributed by atoms with E-state index in [-0.39, 0.29) is 24.3 Å². The van der Waals surface area contributed by atoms with Crippen LogP contribution in [0, 0.1) is 11.7 Å². The first-order valence-corrected chi connectivity index (χ1v) is 7.79. The van der Waals surface area contributed by atoms with E-state index in [1.54, 1.807) is 6.07 Å². The maximum Gasteiger partial charge on any atom is 0.416 e. The number of amides is 2. The Labute approximate surface area is 146 Å². The number of para-hydroxylation sites is 1. The van der Waals surface area contributed by atoms with Crippen molar-refractivity contribution in [1.82, 2.24) is 0 Å². The molecule has 0 saturated carbocycles. The maximum atomic E-state index is 13.8. The Hall–Kier alpha value is -2.90. The predicted molar refractivity (Wildman–Crippen MR) is 86.9 cm³/mol. The van der Waals surface area contributed by atoms with Crippen molar-refractivity contribution >= 4 is 23.2 Å². The molecule has 1 atom stereocenters. The van der Waals surface area contributed by atoms with Gasteiger partial charge in [-0.2, -0.15) is 13.2 Å². The van der Waals surface area contributed by atoms with Crippen molar-refractivity contribution in [1.29, 1.82) is 0 Å². The van der Waals surface area contributed by atoms with Crippen molar-refractivity contribution in [3.8, 4) is 0 Å². The van der Waals surface area contributed by atoms with Gasteiger partial charge in [0.1, 0.15) is 5.82 Å². The lowest BCUT2D eigenvalue weighted by Crippen LogP contribution is -2.28. The average molecular weight is 366 g/mol. The lowest BCUT2D eigenvalue weighted by Gasteiger charge is -2.17. The van der Waals surface area contributed by atoms with Crippen LogP contribution in [0.15, 0.2) is 48.5 Å². The minimum atomic E-state index is -4.52. The van der Waals surface area contributed by atoms with Crippen LogP contribution < -0.4 is 10.2 Å². The highest BCUT2D eigenvalue weighted by Crippen LogP contribution is 2.31. The van der Waals surface area contributed by atoms with Crippen LogP contribution in [0.4, 0.5) is 28.9 Å². The summed E-state index contributed by atoms with van der Waals surface area (Å²) in [5.74, 6) is -2.37. The number of benzene rings is 2. The smallest absolute Gasteiger partial charge is 0.326 e. The standard InChI is InChI=1S/C18H14F4N2O2/c19-14-6-1-2-7-15(14)24-10-11(8-16(24)25)17(26)23-13-5-3-4-12(9-13)18(20,21)22/h1-7,9,11H,8,10H2,(H,23,26)/t11-/m0/s1. The largest absolute Gasteiger partial charge is 0.416 e. The Balaban J connectivity index is 1.72. The fourth-order valence-electron chi connectivity index (χ4n) is 2.80. The van der Waals surface area contributed by atoms with E-state index in [1.165, 1.54) is 35.2 Å². The second-order valence-electron chi connectivity index (χ2n) is 5.92. The molecule has 136 valence electrons. The zero-order chi connectivity index (χ0) is 18.9. The third-order valence-corrected chi connectivity index (χ3v) is 4.10. The molecule has 2 amide bonds. The predicted octanol–water partition coefficient (Wildman–Crippen LogP) is 3.84. The first-order valence-electron chi connectivity index (χ1n) is 7.79. The van der Waals surface area contributed by atoms with Crippen molar-refractivity contribution in [2.24, 2.45) is 5.92 Å².